The van der Waals surface area contributed by atoms with Gasteiger partial charge in [-0.15, -0.1) is 0 Å². The number of rotatable bonds is 9. The summed E-state index contributed by atoms with van der Waals surface area (Å²) in [4.78, 5) is 0. The van der Waals surface area contributed by atoms with Crippen LogP contribution in [0.5, 0.6) is 0 Å². The van der Waals surface area contributed by atoms with Crippen molar-refractivity contribution in [3.63, 3.8) is 0 Å². The molecule has 0 heterocycles. The van der Waals surface area contributed by atoms with Crippen molar-refractivity contribution in [1.29, 1.82) is 0 Å². The molecule has 1 rings (SSSR count). The van der Waals surface area contributed by atoms with Gasteiger partial charge >= 0.3 is 8.80 Å². The lowest BCUT2D eigenvalue weighted by Gasteiger charge is -2.24. The number of thiocarbonyl (C=S) groups is 1. The second-order valence-corrected chi connectivity index (χ2v) is 9.24. The van der Waals surface area contributed by atoms with Gasteiger partial charge in [-0.3, -0.25) is 0 Å². The highest BCUT2D eigenvalue weighted by Crippen LogP contribution is 2.17. The molecule has 0 spiro atoms. The molecule has 0 radical (unpaired) electrons. The Balaban J connectivity index is 2.19. The third-order valence-electron chi connectivity index (χ3n) is 3.07. The van der Waals surface area contributed by atoms with Crippen LogP contribution in [0.4, 0.5) is 0 Å². The third kappa shape index (κ3) is 6.90. The Labute approximate surface area is 137 Å². The number of hydrogen-bond acceptors (Lipinski definition) is 5. The van der Waals surface area contributed by atoms with E-state index in [1.165, 1.54) is 5.56 Å². The topological polar surface area (TPSA) is 39.7 Å². The lowest BCUT2D eigenvalue weighted by atomic mass is 10.2. The zero-order valence-electron chi connectivity index (χ0n) is 12.8. The van der Waals surface area contributed by atoms with Gasteiger partial charge in [0.25, 0.3) is 0 Å². The largest absolute Gasteiger partial charge is 0.500 e. The molecule has 118 valence electrons. The van der Waals surface area contributed by atoms with E-state index < -0.39 is 8.80 Å². The van der Waals surface area contributed by atoms with E-state index in [1.54, 1.807) is 33.1 Å². The molecule has 0 fully saturated rings. The monoisotopic (exact) mass is 345 g/mol. The predicted molar refractivity (Wildman–Crippen MR) is 94.5 cm³/mol. The summed E-state index contributed by atoms with van der Waals surface area (Å²) in [6, 6.07) is 11.0. The molecule has 0 aromatic heterocycles. The summed E-state index contributed by atoms with van der Waals surface area (Å²) in [5, 5.41) is 3.25. The normalized spacial score (nSPS) is 11.4. The van der Waals surface area contributed by atoms with E-state index in [1.807, 2.05) is 18.2 Å². The molecule has 0 amide bonds. The van der Waals surface area contributed by atoms with Crippen molar-refractivity contribution in [2.24, 2.45) is 0 Å². The van der Waals surface area contributed by atoms with Crippen molar-refractivity contribution in [3.05, 3.63) is 35.9 Å². The van der Waals surface area contributed by atoms with Gasteiger partial charge in [0.15, 0.2) is 0 Å². The third-order valence-corrected chi connectivity index (χ3v) is 7.30. The molecule has 0 aliphatic rings. The van der Waals surface area contributed by atoms with E-state index in [0.29, 0.717) is 0 Å². The molecular weight excluding hydrogens is 322 g/mol. The first-order chi connectivity index (χ1) is 10.2. The van der Waals surface area contributed by atoms with Crippen molar-refractivity contribution >= 4 is 37.1 Å². The molecule has 0 saturated carbocycles. The fourth-order valence-corrected chi connectivity index (χ4v) is 4.78. The maximum atomic E-state index is 5.39. The minimum atomic E-state index is -2.44. The minimum Gasteiger partial charge on any atom is -0.377 e. The van der Waals surface area contributed by atoms with Crippen LogP contribution < -0.4 is 5.32 Å². The summed E-state index contributed by atoms with van der Waals surface area (Å²) >= 11 is 6.96. The number of nitrogens with one attached hydrogen (secondary N) is 1. The SMILES string of the molecule is CO[Si](CCCSC(=S)NCc1ccccc1)(OC)OC. The first kappa shape index (κ1) is 18.6. The van der Waals surface area contributed by atoms with Gasteiger partial charge < -0.3 is 18.6 Å². The van der Waals surface area contributed by atoms with Gasteiger partial charge in [-0.25, -0.2) is 0 Å². The molecule has 4 nitrogen and oxygen atoms in total. The van der Waals surface area contributed by atoms with E-state index in [0.717, 1.165) is 29.1 Å². The Morgan fingerprint density at radius 1 is 1.14 bits per heavy atom. The standard InChI is InChI=1S/C14H23NO3S2Si/c1-16-21(17-2,18-3)11-7-10-20-14(19)15-12-13-8-5-4-6-9-13/h4-6,8-9H,7,10-12H2,1-3H3,(H,15,19). The van der Waals surface area contributed by atoms with Crippen LogP contribution in [-0.2, 0) is 19.8 Å². The van der Waals surface area contributed by atoms with Gasteiger partial charge in [-0.1, -0.05) is 54.3 Å². The first-order valence-corrected chi connectivity index (χ1v) is 10.1. The van der Waals surface area contributed by atoms with Crippen LogP contribution in [0.25, 0.3) is 0 Å². The van der Waals surface area contributed by atoms with Crippen LogP contribution in [-0.4, -0.2) is 40.2 Å². The predicted octanol–water partition coefficient (Wildman–Crippen LogP) is 3.06. The first-order valence-electron chi connectivity index (χ1n) is 6.76. The molecule has 1 aromatic carbocycles. The molecule has 0 atom stereocenters. The lowest BCUT2D eigenvalue weighted by Crippen LogP contribution is -2.42. The Hall–Kier alpha value is -0.443. The highest BCUT2D eigenvalue weighted by atomic mass is 32.2. The van der Waals surface area contributed by atoms with Crippen LogP contribution in [0.2, 0.25) is 6.04 Å². The van der Waals surface area contributed by atoms with Crippen molar-refractivity contribution in [3.8, 4) is 0 Å². The van der Waals surface area contributed by atoms with Gasteiger partial charge in [0.05, 0.1) is 0 Å². The van der Waals surface area contributed by atoms with Crippen molar-refractivity contribution in [1.82, 2.24) is 5.32 Å². The highest BCUT2D eigenvalue weighted by molar-refractivity contribution is 8.22. The summed E-state index contributed by atoms with van der Waals surface area (Å²) in [7, 11) is 2.47. The fraction of sp³-hybridized carbons (Fsp3) is 0.500. The Kier molecular flexibility index (Phi) is 9.14. The summed E-state index contributed by atoms with van der Waals surface area (Å²) in [6.45, 7) is 0.763. The zero-order valence-corrected chi connectivity index (χ0v) is 15.4. The molecule has 1 aromatic rings. The van der Waals surface area contributed by atoms with Gasteiger partial charge in [0.2, 0.25) is 0 Å². The van der Waals surface area contributed by atoms with Gasteiger partial charge in [-0.05, 0) is 12.0 Å². The average Bonchev–Trinajstić information content (AvgIpc) is 2.55. The average molecular weight is 346 g/mol. The molecule has 7 heteroatoms. The summed E-state index contributed by atoms with van der Waals surface area (Å²) < 4.78 is 17.0. The van der Waals surface area contributed by atoms with Gasteiger partial charge in [-0.2, -0.15) is 0 Å². The Morgan fingerprint density at radius 2 is 1.76 bits per heavy atom. The lowest BCUT2D eigenvalue weighted by molar-refractivity contribution is 0.123. The highest BCUT2D eigenvalue weighted by Gasteiger charge is 2.36. The number of benzene rings is 1. The van der Waals surface area contributed by atoms with Crippen LogP contribution in [0, 0.1) is 0 Å². The summed E-state index contributed by atoms with van der Waals surface area (Å²) in [5.41, 5.74) is 1.23. The van der Waals surface area contributed by atoms with Gasteiger partial charge in [0, 0.05) is 39.7 Å². The van der Waals surface area contributed by atoms with E-state index >= 15 is 0 Å². The summed E-state index contributed by atoms with van der Waals surface area (Å²) in [6.07, 6.45) is 0.944. The number of hydrogen-bond donors (Lipinski definition) is 1. The molecule has 1 N–H and O–H groups in total. The van der Waals surface area contributed by atoms with Crippen molar-refractivity contribution in [2.45, 2.75) is 19.0 Å². The molecule has 0 saturated heterocycles. The summed E-state index contributed by atoms with van der Waals surface area (Å²) in [5.74, 6) is 0.922. The second kappa shape index (κ2) is 10.3. The van der Waals surface area contributed by atoms with Crippen LogP contribution in [0.1, 0.15) is 12.0 Å². The molecule has 0 unspecified atom stereocenters. The van der Waals surface area contributed by atoms with Crippen LogP contribution >= 0.6 is 24.0 Å². The van der Waals surface area contributed by atoms with E-state index in [4.69, 9.17) is 25.5 Å². The minimum absolute atomic E-state index is 0.763. The number of thioether (sulfide) groups is 1. The maximum Gasteiger partial charge on any atom is 0.500 e. The molecule has 21 heavy (non-hydrogen) atoms. The quantitative estimate of drug-likeness (QED) is 0.421. The fourth-order valence-electron chi connectivity index (χ4n) is 1.83. The van der Waals surface area contributed by atoms with Crippen LogP contribution in [0.15, 0.2) is 30.3 Å². The Morgan fingerprint density at radius 3 is 2.33 bits per heavy atom. The molecule has 0 aliphatic heterocycles. The zero-order chi connectivity index (χ0) is 15.6. The van der Waals surface area contributed by atoms with Crippen LogP contribution in [0.3, 0.4) is 0 Å². The van der Waals surface area contributed by atoms with Gasteiger partial charge in [0.1, 0.15) is 4.32 Å². The Bertz CT molecular complexity index is 408. The smallest absolute Gasteiger partial charge is 0.377 e. The molecule has 0 bridgehead atoms. The van der Waals surface area contributed by atoms with E-state index in [2.05, 4.69) is 17.4 Å². The maximum absolute atomic E-state index is 5.39. The van der Waals surface area contributed by atoms with Crippen molar-refractivity contribution in [2.75, 3.05) is 27.1 Å². The molecule has 0 aliphatic carbocycles. The van der Waals surface area contributed by atoms with E-state index in [9.17, 15) is 0 Å². The van der Waals surface area contributed by atoms with Crippen molar-refractivity contribution < 1.29 is 13.3 Å². The molecular formula is C14H23NO3S2Si. The van der Waals surface area contributed by atoms with E-state index in [-0.39, 0.29) is 0 Å². The second-order valence-electron chi connectivity index (χ2n) is 4.37.